The summed E-state index contributed by atoms with van der Waals surface area (Å²) in [5, 5.41) is 0. The van der Waals surface area contributed by atoms with Gasteiger partial charge in [0.15, 0.2) is 5.82 Å². The molecular weight excluding hydrogens is 261 g/mol. The van der Waals surface area contributed by atoms with Crippen molar-refractivity contribution in [3.63, 3.8) is 0 Å². The maximum absolute atomic E-state index is 12.5. The monoisotopic (exact) mass is 274 g/mol. The molecular formula is C11H13F3N4O. The summed E-state index contributed by atoms with van der Waals surface area (Å²) < 4.78 is 37.5. The van der Waals surface area contributed by atoms with Gasteiger partial charge in [-0.2, -0.15) is 13.2 Å². The first kappa shape index (κ1) is 13.6. The Kier molecular flexibility index (Phi) is 3.61. The fourth-order valence-corrected chi connectivity index (χ4v) is 1.79. The maximum Gasteiger partial charge on any atom is 0.406 e. The minimum Gasteiger partial charge on any atom is -0.326 e. The van der Waals surface area contributed by atoms with Crippen LogP contribution >= 0.6 is 0 Å². The Morgan fingerprint density at radius 1 is 1.53 bits per heavy atom. The normalized spacial score (nSPS) is 15.2. The van der Waals surface area contributed by atoms with Gasteiger partial charge in [0.2, 0.25) is 0 Å². The van der Waals surface area contributed by atoms with Gasteiger partial charge in [0, 0.05) is 12.2 Å². The number of hydrazine groups is 1. The molecule has 0 radical (unpaired) electrons. The summed E-state index contributed by atoms with van der Waals surface area (Å²) in [5.41, 5.74) is 2.26. The summed E-state index contributed by atoms with van der Waals surface area (Å²) in [6, 6.07) is 2.53. The highest BCUT2D eigenvalue weighted by Crippen LogP contribution is 2.32. The fourth-order valence-electron chi connectivity index (χ4n) is 1.79. The summed E-state index contributed by atoms with van der Waals surface area (Å²) in [6.07, 6.45) is -1.84. The summed E-state index contributed by atoms with van der Waals surface area (Å²) >= 11 is 0. The van der Waals surface area contributed by atoms with E-state index in [-0.39, 0.29) is 17.4 Å². The largest absolute Gasteiger partial charge is 0.406 e. The van der Waals surface area contributed by atoms with Gasteiger partial charge in [-0.1, -0.05) is 0 Å². The second-order valence-electron chi connectivity index (χ2n) is 4.32. The third-order valence-electron chi connectivity index (χ3n) is 2.77. The summed E-state index contributed by atoms with van der Waals surface area (Å²) in [6.45, 7) is -1.25. The Labute approximate surface area is 107 Å². The SMILES string of the molecule is NNc1ncccc1C(=O)N(CC(F)(F)F)C1CC1. The first-order valence-electron chi connectivity index (χ1n) is 5.71. The van der Waals surface area contributed by atoms with Crippen LogP contribution in [0.15, 0.2) is 18.3 Å². The van der Waals surface area contributed by atoms with E-state index in [1.54, 1.807) is 0 Å². The van der Waals surface area contributed by atoms with Crippen molar-refractivity contribution in [1.82, 2.24) is 9.88 Å². The predicted molar refractivity (Wildman–Crippen MR) is 62.2 cm³/mol. The van der Waals surface area contributed by atoms with E-state index < -0.39 is 18.6 Å². The Hall–Kier alpha value is -1.83. The molecule has 19 heavy (non-hydrogen) atoms. The van der Waals surface area contributed by atoms with Crippen LogP contribution < -0.4 is 11.3 Å². The van der Waals surface area contributed by atoms with Gasteiger partial charge in [0.25, 0.3) is 5.91 Å². The predicted octanol–water partition coefficient (Wildman–Crippen LogP) is 1.53. The third kappa shape index (κ3) is 3.34. The van der Waals surface area contributed by atoms with Gasteiger partial charge in [0.05, 0.1) is 5.56 Å². The second kappa shape index (κ2) is 5.04. The van der Waals surface area contributed by atoms with Gasteiger partial charge in [-0.15, -0.1) is 0 Å². The van der Waals surface area contributed by atoms with Crippen molar-refractivity contribution in [3.8, 4) is 0 Å². The van der Waals surface area contributed by atoms with Crippen molar-refractivity contribution in [2.24, 2.45) is 5.84 Å². The van der Waals surface area contributed by atoms with Gasteiger partial charge < -0.3 is 10.3 Å². The number of anilines is 1. The highest BCUT2D eigenvalue weighted by molar-refractivity contribution is 5.99. The van der Waals surface area contributed by atoms with Gasteiger partial charge >= 0.3 is 6.18 Å². The van der Waals surface area contributed by atoms with Gasteiger partial charge in [-0.3, -0.25) is 4.79 Å². The molecule has 3 N–H and O–H groups in total. The molecule has 0 saturated heterocycles. The van der Waals surface area contributed by atoms with E-state index >= 15 is 0 Å². The number of nitrogens with two attached hydrogens (primary N) is 1. The molecule has 1 fully saturated rings. The van der Waals surface area contributed by atoms with Crippen molar-refractivity contribution >= 4 is 11.7 Å². The number of hydrogen-bond acceptors (Lipinski definition) is 4. The number of nitrogens with one attached hydrogen (secondary N) is 1. The molecule has 104 valence electrons. The lowest BCUT2D eigenvalue weighted by Gasteiger charge is -2.24. The van der Waals surface area contributed by atoms with E-state index in [0.29, 0.717) is 12.8 Å². The van der Waals surface area contributed by atoms with Crippen molar-refractivity contribution < 1.29 is 18.0 Å². The Bertz CT molecular complexity index is 473. The molecule has 0 spiro atoms. The van der Waals surface area contributed by atoms with Crippen LogP contribution in [0, 0.1) is 0 Å². The van der Waals surface area contributed by atoms with Crippen molar-refractivity contribution in [2.45, 2.75) is 25.1 Å². The average Bonchev–Trinajstić information content (AvgIpc) is 3.18. The molecule has 1 saturated carbocycles. The molecule has 0 unspecified atom stereocenters. The van der Waals surface area contributed by atoms with Crippen LogP contribution in [-0.2, 0) is 0 Å². The third-order valence-corrected chi connectivity index (χ3v) is 2.77. The first-order valence-corrected chi connectivity index (χ1v) is 5.71. The number of halogens is 3. The molecule has 0 bridgehead atoms. The van der Waals surface area contributed by atoms with Crippen molar-refractivity contribution in [3.05, 3.63) is 23.9 Å². The van der Waals surface area contributed by atoms with Crippen LogP contribution in [0.4, 0.5) is 19.0 Å². The zero-order valence-corrected chi connectivity index (χ0v) is 9.94. The minimum atomic E-state index is -4.42. The number of carbonyl (C=O) groups excluding carboxylic acids is 1. The molecule has 0 atom stereocenters. The number of rotatable bonds is 4. The van der Waals surface area contributed by atoms with E-state index in [1.165, 1.54) is 18.3 Å². The zero-order valence-electron chi connectivity index (χ0n) is 9.94. The van der Waals surface area contributed by atoms with E-state index in [1.807, 2.05) is 0 Å². The lowest BCUT2D eigenvalue weighted by molar-refractivity contribution is -0.141. The number of hydrogen-bond donors (Lipinski definition) is 2. The van der Waals surface area contributed by atoms with Gasteiger partial charge in [-0.05, 0) is 25.0 Å². The Morgan fingerprint density at radius 3 is 2.74 bits per heavy atom. The molecule has 8 heteroatoms. The molecule has 5 nitrogen and oxygen atoms in total. The van der Waals surface area contributed by atoms with Crippen LogP contribution in [0.1, 0.15) is 23.2 Å². The summed E-state index contributed by atoms with van der Waals surface area (Å²) in [4.78, 5) is 16.8. The number of amides is 1. The fraction of sp³-hybridized carbons (Fsp3) is 0.455. The Balaban J connectivity index is 2.24. The number of nitrogens with zero attached hydrogens (tertiary/aromatic N) is 2. The summed E-state index contributed by atoms with van der Waals surface area (Å²) in [5.74, 6) is 4.56. The molecule has 1 aromatic heterocycles. The highest BCUT2D eigenvalue weighted by atomic mass is 19.4. The van der Waals surface area contributed by atoms with Crippen LogP contribution in [0.2, 0.25) is 0 Å². The molecule has 1 amide bonds. The van der Waals surface area contributed by atoms with Crippen LogP contribution in [0.25, 0.3) is 0 Å². The van der Waals surface area contributed by atoms with E-state index in [4.69, 9.17) is 5.84 Å². The standard InChI is InChI=1S/C11H13F3N4O/c12-11(13,14)6-18(7-3-4-7)10(19)8-2-1-5-16-9(8)17-15/h1-2,5,7H,3-4,6,15H2,(H,16,17). The lowest BCUT2D eigenvalue weighted by Crippen LogP contribution is -2.41. The topological polar surface area (TPSA) is 71.2 Å². The molecule has 1 aliphatic rings. The zero-order chi connectivity index (χ0) is 14.0. The summed E-state index contributed by atoms with van der Waals surface area (Å²) in [7, 11) is 0. The smallest absolute Gasteiger partial charge is 0.326 e. The lowest BCUT2D eigenvalue weighted by atomic mass is 10.2. The average molecular weight is 274 g/mol. The molecule has 1 aliphatic carbocycles. The van der Waals surface area contributed by atoms with E-state index in [2.05, 4.69) is 10.4 Å². The number of carbonyl (C=O) groups is 1. The van der Waals surface area contributed by atoms with Gasteiger partial charge in [0.1, 0.15) is 6.54 Å². The Morgan fingerprint density at radius 2 is 2.21 bits per heavy atom. The minimum absolute atomic E-state index is 0.0427. The first-order chi connectivity index (χ1) is 8.92. The van der Waals surface area contributed by atoms with Crippen molar-refractivity contribution in [2.75, 3.05) is 12.0 Å². The molecule has 0 aliphatic heterocycles. The van der Waals surface area contributed by atoms with Crippen molar-refractivity contribution in [1.29, 1.82) is 0 Å². The van der Waals surface area contributed by atoms with Crippen LogP contribution in [0.5, 0.6) is 0 Å². The van der Waals surface area contributed by atoms with E-state index in [9.17, 15) is 18.0 Å². The molecule has 1 heterocycles. The van der Waals surface area contributed by atoms with E-state index in [0.717, 1.165) is 4.90 Å². The van der Waals surface area contributed by atoms with Crippen LogP contribution in [0.3, 0.4) is 0 Å². The molecule has 0 aromatic carbocycles. The number of pyridine rings is 1. The molecule has 1 aromatic rings. The van der Waals surface area contributed by atoms with Crippen LogP contribution in [-0.4, -0.2) is 34.6 Å². The quantitative estimate of drug-likeness (QED) is 0.645. The van der Waals surface area contributed by atoms with Gasteiger partial charge in [-0.25, -0.2) is 10.8 Å². The second-order valence-corrected chi connectivity index (χ2v) is 4.32. The number of nitrogen functional groups attached to an aromatic ring is 1. The molecule has 2 rings (SSSR count). The number of aromatic nitrogens is 1. The maximum atomic E-state index is 12.5. The highest BCUT2D eigenvalue weighted by Gasteiger charge is 2.41. The number of alkyl halides is 3.